The summed E-state index contributed by atoms with van der Waals surface area (Å²) in [6.07, 6.45) is 0. The number of benzene rings is 3. The van der Waals surface area contributed by atoms with Gasteiger partial charge in [-0.3, -0.25) is 4.79 Å². The summed E-state index contributed by atoms with van der Waals surface area (Å²) in [7, 11) is 3.29. The molecule has 156 valence electrons. The number of halogens is 1. The van der Waals surface area contributed by atoms with Crippen LogP contribution in [0.1, 0.15) is 16.2 Å². The van der Waals surface area contributed by atoms with Crippen LogP contribution in [-0.2, 0) is 6.54 Å². The highest BCUT2D eigenvalue weighted by Gasteiger charge is 2.22. The lowest BCUT2D eigenvalue weighted by atomic mass is 10.2. The summed E-state index contributed by atoms with van der Waals surface area (Å²) < 4.78 is 7.08. The van der Waals surface area contributed by atoms with Gasteiger partial charge in [-0.1, -0.05) is 60.1 Å². The fraction of sp³-hybridized carbons (Fsp3) is 0.125. The largest absolute Gasteiger partial charge is 0.496 e. The van der Waals surface area contributed by atoms with Gasteiger partial charge in [0.25, 0.3) is 5.91 Å². The van der Waals surface area contributed by atoms with E-state index in [1.807, 2.05) is 60.7 Å². The lowest BCUT2D eigenvalue weighted by molar-refractivity contribution is 0.0772. The van der Waals surface area contributed by atoms with E-state index in [4.69, 9.17) is 16.3 Å². The molecule has 0 spiro atoms. The molecule has 4 rings (SSSR count). The maximum absolute atomic E-state index is 13.2. The number of para-hydroxylation sites is 1. The molecule has 7 heteroatoms. The maximum Gasteiger partial charge on any atom is 0.293 e. The van der Waals surface area contributed by atoms with Crippen molar-refractivity contribution in [2.24, 2.45) is 0 Å². The summed E-state index contributed by atoms with van der Waals surface area (Å²) in [6, 6.07) is 24.6. The molecule has 0 aliphatic carbocycles. The molecule has 0 unspecified atom stereocenters. The molecular weight excluding hydrogens is 412 g/mol. The number of carbonyl (C=O) groups excluding carboxylic acids is 1. The average molecular weight is 433 g/mol. The average Bonchev–Trinajstić information content (AvgIpc) is 3.25. The molecule has 0 bridgehead atoms. The Morgan fingerprint density at radius 2 is 1.71 bits per heavy atom. The molecule has 0 aliphatic rings. The van der Waals surface area contributed by atoms with E-state index in [-0.39, 0.29) is 11.7 Å². The smallest absolute Gasteiger partial charge is 0.293 e. The number of ether oxygens (including phenoxy) is 1. The van der Waals surface area contributed by atoms with Crippen LogP contribution in [0.3, 0.4) is 0 Å². The van der Waals surface area contributed by atoms with E-state index in [0.717, 1.165) is 16.8 Å². The Bertz CT molecular complexity index is 1140. The Morgan fingerprint density at radius 1 is 1.03 bits per heavy atom. The van der Waals surface area contributed by atoms with Gasteiger partial charge in [0.2, 0.25) is 5.82 Å². The van der Waals surface area contributed by atoms with Crippen LogP contribution >= 0.6 is 11.6 Å². The van der Waals surface area contributed by atoms with E-state index in [1.165, 1.54) is 0 Å². The molecular formula is C24H21ClN4O2. The van der Waals surface area contributed by atoms with Crippen LogP contribution in [0.5, 0.6) is 5.75 Å². The van der Waals surface area contributed by atoms with Gasteiger partial charge in [0, 0.05) is 29.7 Å². The minimum atomic E-state index is -0.297. The second kappa shape index (κ2) is 9.02. The van der Waals surface area contributed by atoms with Gasteiger partial charge in [-0.05, 0) is 30.3 Å². The Morgan fingerprint density at radius 3 is 2.39 bits per heavy atom. The molecule has 6 nitrogen and oxygen atoms in total. The van der Waals surface area contributed by atoms with Crippen molar-refractivity contribution in [2.45, 2.75) is 6.54 Å². The molecule has 0 aliphatic heterocycles. The zero-order chi connectivity index (χ0) is 21.8. The molecule has 0 radical (unpaired) electrons. The molecule has 0 saturated carbocycles. The van der Waals surface area contributed by atoms with Gasteiger partial charge < -0.3 is 9.64 Å². The fourth-order valence-corrected chi connectivity index (χ4v) is 3.49. The third-order valence-corrected chi connectivity index (χ3v) is 5.06. The third-order valence-electron chi connectivity index (χ3n) is 4.83. The quantitative estimate of drug-likeness (QED) is 0.436. The van der Waals surface area contributed by atoms with Crippen LogP contribution in [0.4, 0.5) is 0 Å². The second-order valence-electron chi connectivity index (χ2n) is 6.99. The van der Waals surface area contributed by atoms with E-state index >= 15 is 0 Å². The van der Waals surface area contributed by atoms with Crippen LogP contribution in [0.2, 0.25) is 5.02 Å². The van der Waals surface area contributed by atoms with Gasteiger partial charge in [0.1, 0.15) is 5.75 Å². The van der Waals surface area contributed by atoms with E-state index in [1.54, 1.807) is 41.9 Å². The molecule has 31 heavy (non-hydrogen) atoms. The number of amides is 1. The first kappa shape index (κ1) is 20.6. The summed E-state index contributed by atoms with van der Waals surface area (Å²) in [4.78, 5) is 19.3. The zero-order valence-corrected chi connectivity index (χ0v) is 18.0. The van der Waals surface area contributed by atoms with E-state index < -0.39 is 0 Å². The molecule has 1 amide bonds. The summed E-state index contributed by atoms with van der Waals surface area (Å²) >= 11 is 6.13. The van der Waals surface area contributed by atoms with Gasteiger partial charge in [-0.25, -0.2) is 9.67 Å². The standard InChI is InChI=1S/C24H21ClN4O2/c1-28(16-18-15-19(25)13-14-21(18)31-2)24(30)22-26-23(17-9-5-3-6-10-17)29(27-22)20-11-7-4-8-12-20/h3-15H,16H2,1-2H3. The first-order chi connectivity index (χ1) is 15.1. The monoisotopic (exact) mass is 432 g/mol. The van der Waals surface area contributed by atoms with Gasteiger partial charge in [-0.15, -0.1) is 5.10 Å². The van der Waals surface area contributed by atoms with Crippen LogP contribution in [0.25, 0.3) is 17.1 Å². The minimum Gasteiger partial charge on any atom is -0.496 e. The number of hydrogen-bond acceptors (Lipinski definition) is 4. The highest BCUT2D eigenvalue weighted by atomic mass is 35.5. The number of carbonyl (C=O) groups is 1. The Balaban J connectivity index is 1.69. The summed E-state index contributed by atoms with van der Waals surface area (Å²) in [6.45, 7) is 0.309. The van der Waals surface area contributed by atoms with Crippen molar-refractivity contribution >= 4 is 17.5 Å². The molecule has 0 fully saturated rings. The number of nitrogens with zero attached hydrogens (tertiary/aromatic N) is 4. The van der Waals surface area contributed by atoms with E-state index in [2.05, 4.69) is 10.1 Å². The Hall–Kier alpha value is -3.64. The Labute approximate surface area is 185 Å². The number of hydrogen-bond donors (Lipinski definition) is 0. The van der Waals surface area contributed by atoms with Crippen LogP contribution in [0.15, 0.2) is 78.9 Å². The summed E-state index contributed by atoms with van der Waals surface area (Å²) in [5, 5.41) is 5.11. The minimum absolute atomic E-state index is 0.117. The molecule has 0 atom stereocenters. The lowest BCUT2D eigenvalue weighted by Crippen LogP contribution is -2.27. The molecule has 1 aromatic heterocycles. The maximum atomic E-state index is 13.2. The summed E-state index contributed by atoms with van der Waals surface area (Å²) in [5.74, 6) is 1.08. The predicted molar refractivity (Wildman–Crippen MR) is 121 cm³/mol. The number of rotatable bonds is 6. The van der Waals surface area contributed by atoms with Gasteiger partial charge in [0.05, 0.1) is 12.8 Å². The van der Waals surface area contributed by atoms with Crippen molar-refractivity contribution in [2.75, 3.05) is 14.2 Å². The molecule has 4 aromatic rings. The van der Waals surface area contributed by atoms with Gasteiger partial charge in [-0.2, -0.15) is 0 Å². The SMILES string of the molecule is COc1ccc(Cl)cc1CN(C)C(=O)c1nc(-c2ccccc2)n(-c2ccccc2)n1. The van der Waals surface area contributed by atoms with Crippen molar-refractivity contribution in [3.8, 4) is 22.8 Å². The normalized spacial score (nSPS) is 10.7. The van der Waals surface area contributed by atoms with Gasteiger partial charge in [0.15, 0.2) is 5.82 Å². The van der Waals surface area contributed by atoms with Gasteiger partial charge >= 0.3 is 0 Å². The topological polar surface area (TPSA) is 60.2 Å². The van der Waals surface area contributed by atoms with Crippen molar-refractivity contribution < 1.29 is 9.53 Å². The van der Waals surface area contributed by atoms with Crippen LogP contribution < -0.4 is 4.74 Å². The Kier molecular flexibility index (Phi) is 6.00. The van der Waals surface area contributed by atoms with Crippen LogP contribution in [-0.4, -0.2) is 39.7 Å². The second-order valence-corrected chi connectivity index (χ2v) is 7.43. The highest BCUT2D eigenvalue weighted by molar-refractivity contribution is 6.30. The first-order valence-electron chi connectivity index (χ1n) is 9.72. The molecule has 3 aromatic carbocycles. The predicted octanol–water partition coefficient (Wildman–Crippen LogP) is 4.87. The van der Waals surface area contributed by atoms with Crippen molar-refractivity contribution in [1.82, 2.24) is 19.7 Å². The van der Waals surface area contributed by atoms with Crippen molar-refractivity contribution in [3.05, 3.63) is 95.3 Å². The van der Waals surface area contributed by atoms with E-state index in [9.17, 15) is 4.79 Å². The molecule has 0 N–H and O–H groups in total. The fourth-order valence-electron chi connectivity index (χ4n) is 3.29. The van der Waals surface area contributed by atoms with E-state index in [0.29, 0.717) is 23.1 Å². The highest BCUT2D eigenvalue weighted by Crippen LogP contribution is 2.25. The van der Waals surface area contributed by atoms with Crippen molar-refractivity contribution in [1.29, 1.82) is 0 Å². The molecule has 0 saturated heterocycles. The zero-order valence-electron chi connectivity index (χ0n) is 17.2. The summed E-state index contributed by atoms with van der Waals surface area (Å²) in [5.41, 5.74) is 2.50. The third kappa shape index (κ3) is 4.44. The number of aromatic nitrogens is 3. The first-order valence-corrected chi connectivity index (χ1v) is 10.1. The molecule has 1 heterocycles. The lowest BCUT2D eigenvalue weighted by Gasteiger charge is -2.17. The van der Waals surface area contributed by atoms with Crippen LogP contribution in [0, 0.1) is 0 Å². The van der Waals surface area contributed by atoms with Crippen molar-refractivity contribution in [3.63, 3.8) is 0 Å². The number of methoxy groups -OCH3 is 1.